The van der Waals surface area contributed by atoms with Crippen molar-refractivity contribution in [2.45, 2.75) is 53.5 Å². The molecule has 0 bridgehead atoms. The van der Waals surface area contributed by atoms with Crippen LogP contribution in [0.5, 0.6) is 0 Å². The molecule has 0 radical (unpaired) electrons. The summed E-state index contributed by atoms with van der Waals surface area (Å²) in [5.74, 6) is -0.709. The van der Waals surface area contributed by atoms with E-state index < -0.39 is 11.4 Å². The standard InChI is InChI=1S/C17H28N2O2/c1-5-19(13-15-10-8-9-14(2)18-15)12-7-6-11-17(3,4)16(20)21/h8-10H,5-7,11-13H2,1-4H3,(H,20,21). The third-order valence-electron chi connectivity index (χ3n) is 3.88. The van der Waals surface area contributed by atoms with Crippen LogP contribution >= 0.6 is 0 Å². The van der Waals surface area contributed by atoms with Gasteiger partial charge in [0.05, 0.1) is 11.1 Å². The molecule has 0 saturated heterocycles. The first kappa shape index (κ1) is 17.6. The summed E-state index contributed by atoms with van der Waals surface area (Å²) in [6.07, 6.45) is 2.69. The van der Waals surface area contributed by atoms with E-state index in [0.29, 0.717) is 0 Å². The van der Waals surface area contributed by atoms with Crippen molar-refractivity contribution in [3.8, 4) is 0 Å². The van der Waals surface area contributed by atoms with Crippen molar-refractivity contribution in [1.82, 2.24) is 9.88 Å². The van der Waals surface area contributed by atoms with Gasteiger partial charge in [-0.15, -0.1) is 0 Å². The predicted molar refractivity (Wildman–Crippen MR) is 85.2 cm³/mol. The summed E-state index contributed by atoms with van der Waals surface area (Å²) in [4.78, 5) is 17.9. The molecular weight excluding hydrogens is 264 g/mol. The largest absolute Gasteiger partial charge is 0.481 e. The fourth-order valence-corrected chi connectivity index (χ4v) is 2.27. The number of carboxylic acids is 1. The van der Waals surface area contributed by atoms with Gasteiger partial charge >= 0.3 is 5.97 Å². The van der Waals surface area contributed by atoms with Crippen LogP contribution in [0, 0.1) is 12.3 Å². The lowest BCUT2D eigenvalue weighted by Crippen LogP contribution is -2.26. The second kappa shape index (κ2) is 8.13. The Balaban J connectivity index is 2.37. The van der Waals surface area contributed by atoms with Crippen LogP contribution in [0.4, 0.5) is 0 Å². The van der Waals surface area contributed by atoms with Crippen molar-refractivity contribution in [3.05, 3.63) is 29.6 Å². The molecule has 0 aliphatic carbocycles. The molecule has 1 heterocycles. The molecule has 0 atom stereocenters. The van der Waals surface area contributed by atoms with Gasteiger partial charge < -0.3 is 5.11 Å². The number of hydrogen-bond donors (Lipinski definition) is 1. The zero-order chi connectivity index (χ0) is 15.9. The van der Waals surface area contributed by atoms with E-state index in [4.69, 9.17) is 5.11 Å². The molecule has 0 aliphatic rings. The first-order valence-electron chi connectivity index (χ1n) is 7.73. The molecule has 118 valence electrons. The second-order valence-electron chi connectivity index (χ2n) is 6.29. The Morgan fingerprint density at radius 3 is 2.62 bits per heavy atom. The summed E-state index contributed by atoms with van der Waals surface area (Å²) >= 11 is 0. The Labute approximate surface area is 128 Å². The molecule has 1 aromatic heterocycles. The summed E-state index contributed by atoms with van der Waals surface area (Å²) in [5.41, 5.74) is 1.53. The number of carbonyl (C=O) groups is 1. The number of aliphatic carboxylic acids is 1. The highest BCUT2D eigenvalue weighted by atomic mass is 16.4. The van der Waals surface area contributed by atoms with Crippen molar-refractivity contribution < 1.29 is 9.90 Å². The van der Waals surface area contributed by atoms with E-state index in [9.17, 15) is 4.79 Å². The van der Waals surface area contributed by atoms with Gasteiger partial charge in [-0.2, -0.15) is 0 Å². The smallest absolute Gasteiger partial charge is 0.309 e. The van der Waals surface area contributed by atoms with E-state index in [2.05, 4.69) is 22.9 Å². The van der Waals surface area contributed by atoms with Crippen LogP contribution in [-0.4, -0.2) is 34.0 Å². The molecule has 1 aromatic rings. The Morgan fingerprint density at radius 2 is 2.05 bits per heavy atom. The molecule has 0 saturated carbocycles. The monoisotopic (exact) mass is 292 g/mol. The maximum atomic E-state index is 11.1. The minimum atomic E-state index is -0.709. The maximum absolute atomic E-state index is 11.1. The van der Waals surface area contributed by atoms with Crippen LogP contribution in [0.25, 0.3) is 0 Å². The van der Waals surface area contributed by atoms with Crippen LogP contribution in [0.2, 0.25) is 0 Å². The van der Waals surface area contributed by atoms with Crippen molar-refractivity contribution >= 4 is 5.97 Å². The second-order valence-corrected chi connectivity index (χ2v) is 6.29. The van der Waals surface area contributed by atoms with Crippen LogP contribution < -0.4 is 0 Å². The lowest BCUT2D eigenvalue weighted by Gasteiger charge is -2.22. The molecule has 0 fully saturated rings. The average Bonchev–Trinajstić information content (AvgIpc) is 2.42. The third kappa shape index (κ3) is 6.25. The van der Waals surface area contributed by atoms with Gasteiger partial charge in [-0.1, -0.05) is 19.4 Å². The molecule has 4 nitrogen and oxygen atoms in total. The van der Waals surface area contributed by atoms with Crippen LogP contribution in [0.15, 0.2) is 18.2 Å². The van der Waals surface area contributed by atoms with Gasteiger partial charge in [-0.05, 0) is 58.8 Å². The highest BCUT2D eigenvalue weighted by Crippen LogP contribution is 2.23. The summed E-state index contributed by atoms with van der Waals surface area (Å²) in [6, 6.07) is 6.11. The van der Waals surface area contributed by atoms with E-state index in [0.717, 1.165) is 50.3 Å². The van der Waals surface area contributed by atoms with E-state index >= 15 is 0 Å². The summed E-state index contributed by atoms with van der Waals surface area (Å²) in [7, 11) is 0. The van der Waals surface area contributed by atoms with Gasteiger partial charge in [0.25, 0.3) is 0 Å². The highest BCUT2D eigenvalue weighted by molar-refractivity contribution is 5.73. The Hall–Kier alpha value is -1.42. The quantitative estimate of drug-likeness (QED) is 0.708. The van der Waals surface area contributed by atoms with Gasteiger partial charge in [0, 0.05) is 12.2 Å². The van der Waals surface area contributed by atoms with Crippen molar-refractivity contribution in [3.63, 3.8) is 0 Å². The molecule has 0 aliphatic heterocycles. The number of rotatable bonds is 9. The highest BCUT2D eigenvalue weighted by Gasteiger charge is 2.26. The fraction of sp³-hybridized carbons (Fsp3) is 0.647. The van der Waals surface area contributed by atoms with Crippen LogP contribution in [0.1, 0.15) is 51.4 Å². The molecule has 4 heteroatoms. The van der Waals surface area contributed by atoms with Gasteiger partial charge in [-0.25, -0.2) is 0 Å². The SMILES string of the molecule is CCN(CCCCC(C)(C)C(=O)O)Cc1cccc(C)n1. The van der Waals surface area contributed by atoms with E-state index in [1.54, 1.807) is 13.8 Å². The van der Waals surface area contributed by atoms with Gasteiger partial charge in [-0.3, -0.25) is 14.7 Å². The zero-order valence-corrected chi connectivity index (χ0v) is 13.7. The number of nitrogens with zero attached hydrogens (tertiary/aromatic N) is 2. The van der Waals surface area contributed by atoms with E-state index in [-0.39, 0.29) is 0 Å². The number of aryl methyl sites for hydroxylation is 1. The Bertz CT molecular complexity index is 458. The van der Waals surface area contributed by atoms with Crippen molar-refractivity contribution in [2.24, 2.45) is 5.41 Å². The fourth-order valence-electron chi connectivity index (χ4n) is 2.27. The zero-order valence-electron chi connectivity index (χ0n) is 13.7. The Morgan fingerprint density at radius 1 is 1.33 bits per heavy atom. The number of carboxylic acid groups (broad SMARTS) is 1. The molecule has 1 rings (SSSR count). The number of unbranched alkanes of at least 4 members (excludes halogenated alkanes) is 1. The maximum Gasteiger partial charge on any atom is 0.309 e. The molecule has 21 heavy (non-hydrogen) atoms. The predicted octanol–water partition coefficient (Wildman–Crippen LogP) is 3.49. The molecule has 0 unspecified atom stereocenters. The van der Waals surface area contributed by atoms with Crippen LogP contribution in [-0.2, 0) is 11.3 Å². The lowest BCUT2D eigenvalue weighted by atomic mass is 9.87. The topological polar surface area (TPSA) is 53.4 Å². The summed E-state index contributed by atoms with van der Waals surface area (Å²) < 4.78 is 0. The summed E-state index contributed by atoms with van der Waals surface area (Å²) in [5, 5.41) is 9.10. The first-order valence-corrected chi connectivity index (χ1v) is 7.73. The molecule has 1 N–H and O–H groups in total. The van der Waals surface area contributed by atoms with Crippen molar-refractivity contribution in [1.29, 1.82) is 0 Å². The van der Waals surface area contributed by atoms with Gasteiger partial charge in [0.1, 0.15) is 0 Å². The summed E-state index contributed by atoms with van der Waals surface area (Å²) in [6.45, 7) is 10.6. The van der Waals surface area contributed by atoms with Gasteiger partial charge in [0.15, 0.2) is 0 Å². The number of pyridine rings is 1. The Kier molecular flexibility index (Phi) is 6.82. The molecule has 0 amide bonds. The average molecular weight is 292 g/mol. The number of aromatic nitrogens is 1. The van der Waals surface area contributed by atoms with Crippen molar-refractivity contribution in [2.75, 3.05) is 13.1 Å². The third-order valence-corrected chi connectivity index (χ3v) is 3.88. The normalized spacial score (nSPS) is 11.9. The number of hydrogen-bond acceptors (Lipinski definition) is 3. The molecular formula is C17H28N2O2. The lowest BCUT2D eigenvalue weighted by molar-refractivity contribution is -0.147. The molecule has 0 spiro atoms. The first-order chi connectivity index (χ1) is 9.85. The van der Waals surface area contributed by atoms with E-state index in [1.807, 2.05) is 19.1 Å². The molecule has 0 aromatic carbocycles. The van der Waals surface area contributed by atoms with E-state index in [1.165, 1.54) is 0 Å². The minimum Gasteiger partial charge on any atom is -0.481 e. The minimum absolute atomic E-state index is 0.616. The van der Waals surface area contributed by atoms with Crippen LogP contribution in [0.3, 0.4) is 0 Å². The van der Waals surface area contributed by atoms with Gasteiger partial charge in [0.2, 0.25) is 0 Å².